The molecule has 0 radical (unpaired) electrons. The van der Waals surface area contributed by atoms with E-state index in [9.17, 15) is 19.2 Å². The summed E-state index contributed by atoms with van der Waals surface area (Å²) in [6.45, 7) is 3.32. The van der Waals surface area contributed by atoms with E-state index >= 15 is 0 Å². The monoisotopic (exact) mass is 550 g/mol. The van der Waals surface area contributed by atoms with E-state index in [2.05, 4.69) is 15.3 Å². The number of piperidine rings is 1. The molecule has 39 heavy (non-hydrogen) atoms. The Hall–Kier alpha value is -4.19. The number of benzene rings is 1. The number of H-pyrrole nitrogens is 1. The first-order chi connectivity index (χ1) is 18.9. The molecule has 0 bridgehead atoms. The predicted octanol–water partition coefficient (Wildman–Crippen LogP) is 3.28. The summed E-state index contributed by atoms with van der Waals surface area (Å²) in [7, 11) is 0. The minimum atomic E-state index is -0.370. The van der Waals surface area contributed by atoms with Gasteiger partial charge in [-0.05, 0) is 43.5 Å². The van der Waals surface area contributed by atoms with Crippen molar-refractivity contribution < 1.29 is 18.8 Å². The van der Waals surface area contributed by atoms with E-state index in [-0.39, 0.29) is 48.2 Å². The van der Waals surface area contributed by atoms with Crippen LogP contribution in [0.3, 0.4) is 0 Å². The summed E-state index contributed by atoms with van der Waals surface area (Å²) in [5.74, 6) is -0.573. The van der Waals surface area contributed by atoms with Crippen LogP contribution in [0, 0.1) is 0 Å². The third kappa shape index (κ3) is 5.95. The van der Waals surface area contributed by atoms with Crippen LogP contribution in [0.25, 0.3) is 11.0 Å². The maximum atomic E-state index is 13.0. The Balaban J connectivity index is 1.13. The van der Waals surface area contributed by atoms with Gasteiger partial charge in [0.2, 0.25) is 11.8 Å². The number of thiazole rings is 1. The van der Waals surface area contributed by atoms with Crippen molar-refractivity contribution in [2.24, 2.45) is 0 Å². The molecule has 0 atom stereocenters. The molecule has 0 saturated carbocycles. The fourth-order valence-corrected chi connectivity index (χ4v) is 5.66. The molecule has 1 aliphatic heterocycles. The number of fused-ring (bicyclic) bond motifs is 1. The van der Waals surface area contributed by atoms with Gasteiger partial charge in [-0.3, -0.25) is 19.0 Å². The lowest BCUT2D eigenvalue weighted by Crippen LogP contribution is -2.41. The molecule has 4 heterocycles. The number of carbonyl (C=O) groups excluding carboxylic acids is 3. The van der Waals surface area contributed by atoms with E-state index in [4.69, 9.17) is 4.42 Å². The number of para-hydroxylation sites is 2. The van der Waals surface area contributed by atoms with E-state index in [1.54, 1.807) is 27.0 Å². The summed E-state index contributed by atoms with van der Waals surface area (Å²) in [6.07, 6.45) is 3.62. The molecule has 204 valence electrons. The predicted molar refractivity (Wildman–Crippen MR) is 147 cm³/mol. The van der Waals surface area contributed by atoms with E-state index in [1.165, 1.54) is 22.5 Å². The fourth-order valence-electron chi connectivity index (χ4n) is 4.93. The van der Waals surface area contributed by atoms with Gasteiger partial charge in [-0.15, -0.1) is 11.3 Å². The second kappa shape index (κ2) is 11.7. The Bertz CT molecular complexity index is 1510. The Labute approximate surface area is 228 Å². The van der Waals surface area contributed by atoms with E-state index in [1.807, 2.05) is 31.2 Å². The molecule has 0 unspecified atom stereocenters. The maximum absolute atomic E-state index is 13.0. The normalized spacial score (nSPS) is 14.0. The SMILES string of the molecule is CCCN(CC(=O)Nc1nc(CC(=O)N2CCC(n3c(=O)[nH]c4ccccc43)CC2)cs1)C(=O)c1ccco1. The zero-order valence-electron chi connectivity index (χ0n) is 21.6. The summed E-state index contributed by atoms with van der Waals surface area (Å²) in [5, 5.41) is 4.86. The van der Waals surface area contributed by atoms with Gasteiger partial charge >= 0.3 is 5.69 Å². The second-order valence-electron chi connectivity index (χ2n) is 9.50. The van der Waals surface area contributed by atoms with E-state index < -0.39 is 0 Å². The summed E-state index contributed by atoms with van der Waals surface area (Å²) in [6, 6.07) is 10.9. The molecular weight excluding hydrogens is 520 g/mol. The van der Waals surface area contributed by atoms with Crippen molar-refractivity contribution in [1.29, 1.82) is 0 Å². The van der Waals surface area contributed by atoms with Crippen LogP contribution in [0.1, 0.15) is 48.5 Å². The van der Waals surface area contributed by atoms with Crippen molar-refractivity contribution in [3.8, 4) is 0 Å². The van der Waals surface area contributed by atoms with Crippen LogP contribution in [0.4, 0.5) is 5.13 Å². The molecule has 1 fully saturated rings. The number of aromatic nitrogens is 3. The van der Waals surface area contributed by atoms with Crippen molar-refractivity contribution in [2.75, 3.05) is 31.5 Å². The molecule has 12 heteroatoms. The minimum absolute atomic E-state index is 0.0331. The van der Waals surface area contributed by atoms with Crippen LogP contribution >= 0.6 is 11.3 Å². The standard InChI is InChI=1S/C27H30N6O5S/c1-2-11-32(25(36)22-8-5-14-38-22)16-23(34)30-26-28-18(17-39-26)15-24(35)31-12-9-19(10-13-31)33-21-7-4-3-6-20(21)29-27(33)37/h3-8,14,17,19H,2,9-13,15-16H2,1H3,(H,29,37)(H,28,30,34). The number of likely N-dealkylation sites (tertiary alicyclic amines) is 1. The summed E-state index contributed by atoms with van der Waals surface area (Å²) in [4.78, 5) is 61.2. The Morgan fingerprint density at radius 1 is 1.18 bits per heavy atom. The summed E-state index contributed by atoms with van der Waals surface area (Å²) < 4.78 is 6.98. The Kier molecular flexibility index (Phi) is 7.92. The lowest BCUT2D eigenvalue weighted by molar-refractivity contribution is -0.131. The molecule has 4 aromatic rings. The molecule has 0 spiro atoms. The van der Waals surface area contributed by atoms with Gasteiger partial charge in [0.25, 0.3) is 5.91 Å². The van der Waals surface area contributed by atoms with Crippen molar-refractivity contribution in [1.82, 2.24) is 24.3 Å². The van der Waals surface area contributed by atoms with Gasteiger partial charge in [-0.1, -0.05) is 19.1 Å². The Morgan fingerprint density at radius 3 is 2.72 bits per heavy atom. The molecule has 11 nitrogen and oxygen atoms in total. The molecule has 1 aliphatic rings. The highest BCUT2D eigenvalue weighted by atomic mass is 32.1. The molecule has 3 aromatic heterocycles. The zero-order valence-corrected chi connectivity index (χ0v) is 22.4. The van der Waals surface area contributed by atoms with Gasteiger partial charge in [-0.2, -0.15) is 0 Å². The van der Waals surface area contributed by atoms with E-state index in [0.29, 0.717) is 49.7 Å². The summed E-state index contributed by atoms with van der Waals surface area (Å²) in [5.41, 5.74) is 2.15. The molecule has 2 N–H and O–H groups in total. The second-order valence-corrected chi connectivity index (χ2v) is 10.4. The lowest BCUT2D eigenvalue weighted by atomic mass is 10.0. The van der Waals surface area contributed by atoms with Gasteiger partial charge in [0.1, 0.15) is 6.54 Å². The number of hydrogen-bond acceptors (Lipinski definition) is 7. The number of anilines is 1. The van der Waals surface area contributed by atoms with Crippen LogP contribution < -0.4 is 11.0 Å². The average molecular weight is 551 g/mol. The molecule has 3 amide bonds. The number of rotatable bonds is 9. The number of amides is 3. The third-order valence-corrected chi connectivity index (χ3v) is 7.59. The van der Waals surface area contributed by atoms with Crippen molar-refractivity contribution in [3.05, 3.63) is 70.0 Å². The van der Waals surface area contributed by atoms with Gasteiger partial charge in [0, 0.05) is 31.1 Å². The first-order valence-electron chi connectivity index (χ1n) is 13.0. The van der Waals surface area contributed by atoms with Crippen molar-refractivity contribution >= 4 is 45.2 Å². The van der Waals surface area contributed by atoms with Crippen LogP contribution in [0.5, 0.6) is 0 Å². The third-order valence-electron chi connectivity index (χ3n) is 6.78. The fraction of sp³-hybridized carbons (Fsp3) is 0.370. The first kappa shape index (κ1) is 26.4. The van der Waals surface area contributed by atoms with Gasteiger partial charge in [0.05, 0.1) is 29.4 Å². The number of hydrogen-bond donors (Lipinski definition) is 2. The highest BCUT2D eigenvalue weighted by Gasteiger charge is 2.27. The number of carbonyl (C=O) groups is 3. The van der Waals surface area contributed by atoms with Crippen LogP contribution in [0.2, 0.25) is 0 Å². The van der Waals surface area contributed by atoms with Crippen molar-refractivity contribution in [3.63, 3.8) is 0 Å². The molecule has 5 rings (SSSR count). The summed E-state index contributed by atoms with van der Waals surface area (Å²) >= 11 is 1.24. The highest BCUT2D eigenvalue weighted by molar-refractivity contribution is 7.13. The number of furan rings is 1. The number of nitrogens with zero attached hydrogens (tertiary/aromatic N) is 4. The molecule has 1 saturated heterocycles. The minimum Gasteiger partial charge on any atom is -0.459 e. The van der Waals surface area contributed by atoms with Gasteiger partial charge < -0.3 is 24.5 Å². The van der Waals surface area contributed by atoms with Crippen molar-refractivity contribution in [2.45, 2.75) is 38.6 Å². The zero-order chi connectivity index (χ0) is 27.4. The largest absolute Gasteiger partial charge is 0.459 e. The number of nitrogens with one attached hydrogen (secondary N) is 2. The van der Waals surface area contributed by atoms with E-state index in [0.717, 1.165) is 11.0 Å². The smallest absolute Gasteiger partial charge is 0.326 e. The van der Waals surface area contributed by atoms with Gasteiger partial charge in [-0.25, -0.2) is 9.78 Å². The maximum Gasteiger partial charge on any atom is 0.326 e. The molecule has 0 aliphatic carbocycles. The molecular formula is C27H30N6O5S. The topological polar surface area (TPSA) is 134 Å². The number of aromatic amines is 1. The van der Waals surface area contributed by atoms with Crippen LogP contribution in [-0.4, -0.2) is 68.2 Å². The first-order valence-corrected chi connectivity index (χ1v) is 13.8. The van der Waals surface area contributed by atoms with Crippen LogP contribution in [0.15, 0.2) is 57.3 Å². The lowest BCUT2D eigenvalue weighted by Gasteiger charge is -2.32. The quantitative estimate of drug-likeness (QED) is 0.329. The van der Waals surface area contributed by atoms with Gasteiger partial charge in [0.15, 0.2) is 10.9 Å². The Morgan fingerprint density at radius 2 is 1.97 bits per heavy atom. The molecule has 1 aromatic carbocycles. The van der Waals surface area contributed by atoms with Crippen LogP contribution in [-0.2, 0) is 16.0 Å². The average Bonchev–Trinajstić information content (AvgIpc) is 3.68. The number of imidazole rings is 1. The highest BCUT2D eigenvalue weighted by Crippen LogP contribution is 2.25.